The standard InChI is InChI=1S/C16H24N2O3/c1-4-5-11-18-14(20)16(2,12-9-7-6-8-10-12)13(19)17(3)15(18)21/h9H,4-8,10-11H2,1-3H3. The lowest BCUT2D eigenvalue weighted by Gasteiger charge is -2.42. The molecule has 0 N–H and O–H groups in total. The Labute approximate surface area is 126 Å². The van der Waals surface area contributed by atoms with Crippen molar-refractivity contribution in [3.8, 4) is 0 Å². The molecule has 0 aromatic rings. The Hall–Kier alpha value is -1.65. The molecule has 0 aromatic heterocycles. The van der Waals surface area contributed by atoms with Gasteiger partial charge in [0.2, 0.25) is 11.8 Å². The van der Waals surface area contributed by atoms with E-state index in [2.05, 4.69) is 0 Å². The third kappa shape index (κ3) is 2.49. The fraction of sp³-hybridized carbons (Fsp3) is 0.688. The van der Waals surface area contributed by atoms with E-state index in [9.17, 15) is 14.4 Å². The summed E-state index contributed by atoms with van der Waals surface area (Å²) in [6.07, 6.45) is 7.42. The van der Waals surface area contributed by atoms with E-state index in [0.29, 0.717) is 6.54 Å². The van der Waals surface area contributed by atoms with Crippen LogP contribution >= 0.6 is 0 Å². The van der Waals surface area contributed by atoms with E-state index >= 15 is 0 Å². The van der Waals surface area contributed by atoms with E-state index in [4.69, 9.17) is 0 Å². The molecule has 1 heterocycles. The van der Waals surface area contributed by atoms with E-state index in [0.717, 1.165) is 49.0 Å². The minimum absolute atomic E-state index is 0.350. The molecule has 1 unspecified atom stereocenters. The smallest absolute Gasteiger partial charge is 0.273 e. The molecular formula is C16H24N2O3. The quantitative estimate of drug-likeness (QED) is 0.591. The van der Waals surface area contributed by atoms with E-state index in [1.807, 2.05) is 13.0 Å². The molecule has 0 radical (unpaired) electrons. The predicted octanol–water partition coefficient (Wildman–Crippen LogP) is 2.71. The minimum atomic E-state index is -1.20. The zero-order chi connectivity index (χ0) is 15.6. The van der Waals surface area contributed by atoms with Gasteiger partial charge in [0.15, 0.2) is 0 Å². The second-order valence-corrected chi connectivity index (χ2v) is 6.06. The van der Waals surface area contributed by atoms with Gasteiger partial charge in [-0.3, -0.25) is 19.4 Å². The van der Waals surface area contributed by atoms with Crippen LogP contribution in [-0.2, 0) is 9.59 Å². The maximum absolute atomic E-state index is 12.8. The number of allylic oxidation sites excluding steroid dienone is 1. The second kappa shape index (κ2) is 6.00. The Balaban J connectivity index is 2.38. The molecule has 0 aromatic carbocycles. The maximum Gasteiger partial charge on any atom is 0.333 e. The minimum Gasteiger partial charge on any atom is -0.273 e. The van der Waals surface area contributed by atoms with Crippen LogP contribution in [0, 0.1) is 5.41 Å². The van der Waals surface area contributed by atoms with E-state index in [-0.39, 0.29) is 5.91 Å². The Morgan fingerprint density at radius 3 is 2.48 bits per heavy atom. The molecule has 2 rings (SSSR count). The van der Waals surface area contributed by atoms with E-state index in [1.165, 1.54) is 11.9 Å². The highest BCUT2D eigenvalue weighted by Crippen LogP contribution is 2.40. The van der Waals surface area contributed by atoms with Gasteiger partial charge in [-0.25, -0.2) is 4.79 Å². The van der Waals surface area contributed by atoms with Crippen LogP contribution in [0.1, 0.15) is 52.4 Å². The summed E-state index contributed by atoms with van der Waals surface area (Å²) in [6, 6.07) is -0.493. The molecule has 5 nitrogen and oxygen atoms in total. The first-order chi connectivity index (χ1) is 9.94. The number of barbiturate groups is 1. The van der Waals surface area contributed by atoms with Gasteiger partial charge in [0.25, 0.3) is 0 Å². The third-order valence-electron chi connectivity index (χ3n) is 4.59. The molecule has 2 aliphatic rings. The number of hydrogen-bond donors (Lipinski definition) is 0. The summed E-state index contributed by atoms with van der Waals surface area (Å²) in [5, 5.41) is 0. The topological polar surface area (TPSA) is 57.7 Å². The molecule has 4 amide bonds. The molecule has 21 heavy (non-hydrogen) atoms. The van der Waals surface area contributed by atoms with Crippen LogP contribution in [0.25, 0.3) is 0 Å². The van der Waals surface area contributed by atoms with Gasteiger partial charge in [-0.2, -0.15) is 0 Å². The fourth-order valence-corrected chi connectivity index (χ4v) is 3.13. The maximum atomic E-state index is 12.8. The molecule has 0 bridgehead atoms. The third-order valence-corrected chi connectivity index (χ3v) is 4.59. The van der Waals surface area contributed by atoms with Gasteiger partial charge >= 0.3 is 6.03 Å². The first-order valence-electron chi connectivity index (χ1n) is 7.78. The molecule has 1 fully saturated rings. The number of amides is 4. The van der Waals surface area contributed by atoms with Crippen LogP contribution in [0.3, 0.4) is 0 Å². The lowest BCUT2D eigenvalue weighted by molar-refractivity contribution is -0.154. The van der Waals surface area contributed by atoms with Crippen molar-refractivity contribution in [2.45, 2.75) is 52.4 Å². The molecule has 5 heteroatoms. The lowest BCUT2D eigenvalue weighted by atomic mass is 9.73. The number of hydrogen-bond acceptors (Lipinski definition) is 3. The number of imide groups is 2. The number of urea groups is 1. The van der Waals surface area contributed by atoms with Gasteiger partial charge in [0.1, 0.15) is 5.41 Å². The van der Waals surface area contributed by atoms with Gasteiger partial charge in [-0.15, -0.1) is 0 Å². The van der Waals surface area contributed by atoms with E-state index < -0.39 is 17.4 Å². The van der Waals surface area contributed by atoms with Gasteiger partial charge in [-0.1, -0.05) is 19.4 Å². The van der Waals surface area contributed by atoms with Crippen molar-refractivity contribution in [3.05, 3.63) is 11.6 Å². The molecule has 0 saturated carbocycles. The van der Waals surface area contributed by atoms with Crippen LogP contribution in [0.15, 0.2) is 11.6 Å². The van der Waals surface area contributed by atoms with Crippen LogP contribution in [-0.4, -0.2) is 41.2 Å². The van der Waals surface area contributed by atoms with Crippen molar-refractivity contribution in [2.75, 3.05) is 13.6 Å². The Kier molecular flexibility index (Phi) is 4.49. The fourth-order valence-electron chi connectivity index (χ4n) is 3.13. The SMILES string of the molecule is CCCCN1C(=O)N(C)C(=O)C(C)(C2=CCCCC2)C1=O. The Bertz CT molecular complexity index is 498. The highest BCUT2D eigenvalue weighted by molar-refractivity contribution is 6.20. The number of nitrogens with zero attached hydrogens (tertiary/aromatic N) is 2. The van der Waals surface area contributed by atoms with Crippen molar-refractivity contribution in [1.29, 1.82) is 0 Å². The van der Waals surface area contributed by atoms with Crippen molar-refractivity contribution in [2.24, 2.45) is 5.41 Å². The van der Waals surface area contributed by atoms with Crippen LogP contribution in [0.2, 0.25) is 0 Å². The predicted molar refractivity (Wildman–Crippen MR) is 79.4 cm³/mol. The zero-order valence-electron chi connectivity index (χ0n) is 13.1. The molecule has 1 saturated heterocycles. The summed E-state index contributed by atoms with van der Waals surface area (Å²) in [5.41, 5.74) is -0.318. The normalized spacial score (nSPS) is 27.2. The number of carbonyl (C=O) groups is 3. The Morgan fingerprint density at radius 2 is 1.90 bits per heavy atom. The van der Waals surface area contributed by atoms with Gasteiger partial charge in [0, 0.05) is 13.6 Å². The first kappa shape index (κ1) is 15.7. The van der Waals surface area contributed by atoms with Crippen LogP contribution in [0.5, 0.6) is 0 Å². The van der Waals surface area contributed by atoms with Gasteiger partial charge < -0.3 is 0 Å². The monoisotopic (exact) mass is 292 g/mol. The summed E-state index contributed by atoms with van der Waals surface area (Å²) in [7, 11) is 1.47. The highest BCUT2D eigenvalue weighted by Gasteiger charge is 2.54. The van der Waals surface area contributed by atoms with Gasteiger partial charge in [0.05, 0.1) is 0 Å². The molecule has 0 spiro atoms. The summed E-state index contributed by atoms with van der Waals surface area (Å²) in [4.78, 5) is 40.0. The molecular weight excluding hydrogens is 268 g/mol. The van der Waals surface area contributed by atoms with Crippen LogP contribution in [0.4, 0.5) is 4.79 Å². The molecule has 1 atom stereocenters. The van der Waals surface area contributed by atoms with Crippen molar-refractivity contribution >= 4 is 17.8 Å². The highest BCUT2D eigenvalue weighted by atomic mass is 16.2. The summed E-state index contributed by atoms with van der Waals surface area (Å²) >= 11 is 0. The largest absolute Gasteiger partial charge is 0.333 e. The van der Waals surface area contributed by atoms with Crippen molar-refractivity contribution in [1.82, 2.24) is 9.80 Å². The van der Waals surface area contributed by atoms with E-state index in [1.54, 1.807) is 6.92 Å². The molecule has 1 aliphatic carbocycles. The average Bonchev–Trinajstić information content (AvgIpc) is 2.52. The molecule has 116 valence electrons. The van der Waals surface area contributed by atoms with Crippen LogP contribution < -0.4 is 0 Å². The number of unbranched alkanes of at least 4 members (excludes halogenated alkanes) is 1. The second-order valence-electron chi connectivity index (χ2n) is 6.06. The summed E-state index contributed by atoms with van der Waals surface area (Å²) in [6.45, 7) is 4.07. The summed E-state index contributed by atoms with van der Waals surface area (Å²) in [5.74, 6) is -0.740. The number of carbonyl (C=O) groups excluding carboxylic acids is 3. The molecule has 1 aliphatic heterocycles. The first-order valence-corrected chi connectivity index (χ1v) is 7.78. The van der Waals surface area contributed by atoms with Gasteiger partial charge in [-0.05, 0) is 44.6 Å². The van der Waals surface area contributed by atoms with Crippen molar-refractivity contribution in [3.63, 3.8) is 0 Å². The number of rotatable bonds is 4. The lowest BCUT2D eigenvalue weighted by Crippen LogP contribution is -2.63. The average molecular weight is 292 g/mol. The van der Waals surface area contributed by atoms with Crippen molar-refractivity contribution < 1.29 is 14.4 Å². The zero-order valence-corrected chi connectivity index (χ0v) is 13.1. The summed E-state index contributed by atoms with van der Waals surface area (Å²) < 4.78 is 0. The Morgan fingerprint density at radius 1 is 1.19 bits per heavy atom.